The summed E-state index contributed by atoms with van der Waals surface area (Å²) in [5, 5.41) is 4.83. The molecule has 0 radical (unpaired) electrons. The third-order valence-electron chi connectivity index (χ3n) is 0.700. The molecule has 6 nitrogen and oxygen atoms in total. The van der Waals surface area contributed by atoms with Crippen molar-refractivity contribution in [2.24, 2.45) is 0 Å². The second-order valence-corrected chi connectivity index (χ2v) is 3.90. The normalized spacial score (nSPS) is 11.7. The summed E-state index contributed by atoms with van der Waals surface area (Å²) in [4.78, 5) is 3.27. The van der Waals surface area contributed by atoms with Gasteiger partial charge >= 0.3 is 0 Å². The maximum Gasteiger partial charge on any atom is 0.298 e. The van der Waals surface area contributed by atoms with Gasteiger partial charge in [0, 0.05) is 10.7 Å². The maximum atomic E-state index is 10.4. The zero-order valence-electron chi connectivity index (χ0n) is 4.57. The van der Waals surface area contributed by atoms with Crippen LogP contribution in [0.1, 0.15) is 0 Å². The van der Waals surface area contributed by atoms with Crippen LogP contribution in [0.4, 0.5) is 5.95 Å². The molecule has 1 rings (SSSR count). The number of halogens is 1. The van der Waals surface area contributed by atoms with Gasteiger partial charge in [0.1, 0.15) is 0 Å². The third kappa shape index (κ3) is 1.36. The van der Waals surface area contributed by atoms with E-state index < -0.39 is 14.2 Å². The highest BCUT2D eigenvalue weighted by atomic mass is 35.7. The van der Waals surface area contributed by atoms with Crippen LogP contribution in [-0.4, -0.2) is 23.6 Å². The molecule has 1 aromatic heterocycles. The second kappa shape index (κ2) is 2.10. The fraction of sp³-hybridized carbons (Fsp3) is 0. The molecule has 0 aliphatic rings. The van der Waals surface area contributed by atoms with Crippen LogP contribution in [-0.2, 0) is 9.05 Å². The number of anilines is 1. The molecule has 0 amide bonds. The average molecular weight is 183 g/mol. The number of hydrogen-bond donors (Lipinski definition) is 2. The van der Waals surface area contributed by atoms with Gasteiger partial charge in [-0.25, -0.2) is 13.5 Å². The Morgan fingerprint density at radius 2 is 2.20 bits per heavy atom. The van der Waals surface area contributed by atoms with Gasteiger partial charge in [-0.2, -0.15) is 4.98 Å². The molecule has 0 aromatic carbocycles. The molecule has 0 spiro atoms. The van der Waals surface area contributed by atoms with Gasteiger partial charge < -0.3 is 5.73 Å². The van der Waals surface area contributed by atoms with Gasteiger partial charge in [0.25, 0.3) is 14.2 Å². The molecular weight excluding hydrogens is 180 g/mol. The predicted octanol–water partition coefficient (Wildman–Crippen LogP) is -0.686. The fourth-order valence-electron chi connectivity index (χ4n) is 0.367. The Morgan fingerprint density at radius 3 is 2.40 bits per heavy atom. The minimum atomic E-state index is -3.84. The zero-order valence-corrected chi connectivity index (χ0v) is 6.15. The SMILES string of the molecule is Nc1nc(S(=O)(=O)Cl)n[nH]1. The molecule has 0 unspecified atom stereocenters. The van der Waals surface area contributed by atoms with E-state index in [1.165, 1.54) is 0 Å². The van der Waals surface area contributed by atoms with Gasteiger partial charge in [0.2, 0.25) is 5.95 Å². The lowest BCUT2D eigenvalue weighted by molar-refractivity contribution is 0.602. The van der Waals surface area contributed by atoms with E-state index in [4.69, 9.17) is 16.4 Å². The molecule has 3 N–H and O–H groups in total. The van der Waals surface area contributed by atoms with Crippen molar-refractivity contribution in [3.63, 3.8) is 0 Å². The van der Waals surface area contributed by atoms with Crippen molar-refractivity contribution in [3.8, 4) is 0 Å². The topological polar surface area (TPSA) is 102 Å². The highest BCUT2D eigenvalue weighted by Gasteiger charge is 2.14. The number of nitrogen functional groups attached to an aromatic ring is 1. The molecule has 56 valence electrons. The lowest BCUT2D eigenvalue weighted by Crippen LogP contribution is -1.93. The van der Waals surface area contributed by atoms with Crippen LogP contribution in [0.3, 0.4) is 0 Å². The monoisotopic (exact) mass is 182 g/mol. The summed E-state index contributed by atoms with van der Waals surface area (Å²) in [6.45, 7) is 0. The van der Waals surface area contributed by atoms with Crippen LogP contribution in [0.25, 0.3) is 0 Å². The first-order valence-electron chi connectivity index (χ1n) is 2.12. The molecule has 1 aromatic rings. The van der Waals surface area contributed by atoms with Crippen LogP contribution in [0.2, 0.25) is 0 Å². The van der Waals surface area contributed by atoms with E-state index in [0.717, 1.165) is 0 Å². The molecule has 0 bridgehead atoms. The molecular formula is C2H3ClN4O2S. The van der Waals surface area contributed by atoms with Crippen molar-refractivity contribution in [2.45, 2.75) is 5.16 Å². The Kier molecular flexibility index (Phi) is 1.53. The smallest absolute Gasteiger partial charge is 0.298 e. The van der Waals surface area contributed by atoms with Crippen molar-refractivity contribution in [1.29, 1.82) is 0 Å². The first-order chi connectivity index (χ1) is 4.50. The van der Waals surface area contributed by atoms with Crippen LogP contribution in [0, 0.1) is 0 Å². The number of nitrogens with one attached hydrogen (secondary N) is 1. The lowest BCUT2D eigenvalue weighted by atomic mass is 11.1. The summed E-state index contributed by atoms with van der Waals surface area (Å²) in [5.74, 6) is -0.0841. The third-order valence-corrected chi connectivity index (χ3v) is 1.73. The Morgan fingerprint density at radius 1 is 1.60 bits per heavy atom. The van der Waals surface area contributed by atoms with Crippen molar-refractivity contribution in [3.05, 3.63) is 0 Å². The van der Waals surface area contributed by atoms with Gasteiger partial charge in [0.15, 0.2) is 0 Å². The molecule has 0 saturated carbocycles. The van der Waals surface area contributed by atoms with E-state index in [1.807, 2.05) is 0 Å². The first-order valence-corrected chi connectivity index (χ1v) is 4.43. The minimum Gasteiger partial charge on any atom is -0.368 e. The average Bonchev–Trinajstić information content (AvgIpc) is 2.11. The number of rotatable bonds is 1. The number of aromatic nitrogens is 3. The Labute approximate surface area is 60.8 Å². The maximum absolute atomic E-state index is 10.4. The van der Waals surface area contributed by atoms with E-state index in [0.29, 0.717) is 0 Å². The van der Waals surface area contributed by atoms with Gasteiger partial charge in [-0.15, -0.1) is 5.10 Å². The van der Waals surface area contributed by atoms with E-state index >= 15 is 0 Å². The van der Waals surface area contributed by atoms with E-state index in [9.17, 15) is 8.42 Å². The summed E-state index contributed by atoms with van der Waals surface area (Å²) in [7, 11) is 1.00. The van der Waals surface area contributed by atoms with Crippen molar-refractivity contribution in [2.75, 3.05) is 5.73 Å². The molecule has 0 aliphatic carbocycles. The second-order valence-electron chi connectivity index (χ2n) is 1.44. The minimum absolute atomic E-state index is 0.0841. The zero-order chi connectivity index (χ0) is 7.78. The standard InChI is InChI=1S/C2H3ClN4O2S/c3-10(8,9)2-5-1(4)6-7-2/h(H3,4,5,6,7). The predicted molar refractivity (Wildman–Crippen MR) is 33.8 cm³/mol. The fourth-order valence-corrected chi connectivity index (χ4v) is 0.936. The quantitative estimate of drug-likeness (QED) is 0.560. The first kappa shape index (κ1) is 7.29. The number of nitrogens with zero attached hydrogens (tertiary/aromatic N) is 2. The molecule has 0 atom stereocenters. The summed E-state index contributed by atoms with van der Waals surface area (Å²) in [6, 6.07) is 0. The Bertz CT molecular complexity index is 329. The van der Waals surface area contributed by atoms with Crippen LogP contribution >= 0.6 is 10.7 Å². The van der Waals surface area contributed by atoms with E-state index in [-0.39, 0.29) is 5.95 Å². The number of H-pyrrole nitrogens is 1. The van der Waals surface area contributed by atoms with Crippen molar-refractivity contribution in [1.82, 2.24) is 15.2 Å². The summed E-state index contributed by atoms with van der Waals surface area (Å²) < 4.78 is 20.8. The van der Waals surface area contributed by atoms with Crippen LogP contribution < -0.4 is 5.73 Å². The van der Waals surface area contributed by atoms with Crippen LogP contribution in [0.15, 0.2) is 5.16 Å². The highest BCUT2D eigenvalue weighted by molar-refractivity contribution is 8.13. The number of aromatic amines is 1. The van der Waals surface area contributed by atoms with Gasteiger partial charge in [-0.05, 0) is 0 Å². The van der Waals surface area contributed by atoms with Crippen LogP contribution in [0.5, 0.6) is 0 Å². The summed E-state index contributed by atoms with van der Waals surface area (Å²) in [5.41, 5.74) is 5.02. The number of nitrogens with two attached hydrogens (primary N) is 1. The van der Waals surface area contributed by atoms with E-state index in [2.05, 4.69) is 15.2 Å². The highest BCUT2D eigenvalue weighted by Crippen LogP contribution is 2.08. The molecule has 0 saturated heterocycles. The molecule has 0 aliphatic heterocycles. The van der Waals surface area contributed by atoms with Crippen molar-refractivity contribution >= 4 is 25.7 Å². The van der Waals surface area contributed by atoms with Gasteiger partial charge in [-0.1, -0.05) is 0 Å². The molecule has 10 heavy (non-hydrogen) atoms. The number of hydrogen-bond acceptors (Lipinski definition) is 5. The molecule has 1 heterocycles. The molecule has 8 heteroatoms. The van der Waals surface area contributed by atoms with Crippen molar-refractivity contribution < 1.29 is 8.42 Å². The van der Waals surface area contributed by atoms with Gasteiger partial charge in [-0.3, -0.25) is 0 Å². The van der Waals surface area contributed by atoms with Gasteiger partial charge in [0.05, 0.1) is 0 Å². The lowest BCUT2D eigenvalue weighted by Gasteiger charge is -1.80. The largest absolute Gasteiger partial charge is 0.368 e. The summed E-state index contributed by atoms with van der Waals surface area (Å²) >= 11 is 0. The Balaban J connectivity index is 3.21. The van der Waals surface area contributed by atoms with E-state index in [1.54, 1.807) is 0 Å². The Hall–Kier alpha value is -0.820. The summed E-state index contributed by atoms with van der Waals surface area (Å²) in [6.07, 6.45) is 0. The molecule has 0 fully saturated rings.